The van der Waals surface area contributed by atoms with Gasteiger partial charge >= 0.3 is 5.97 Å². The average Bonchev–Trinajstić information content (AvgIpc) is 2.64. The minimum Gasteiger partial charge on any atom is -0.482 e. The summed E-state index contributed by atoms with van der Waals surface area (Å²) < 4.78 is 10.8. The van der Waals surface area contributed by atoms with Crippen LogP contribution < -0.4 is 9.47 Å². The standard InChI is InChI=1S/C23H22O3/c1-16-4-7-19(8-5-16)20-9-12-21(13-10-20)26-23(24)15-25-22-11-6-17(2)18(3)14-22/h4-14H,15H2,1-3H3. The molecule has 0 amide bonds. The van der Waals surface area contributed by atoms with Gasteiger partial charge in [0.25, 0.3) is 0 Å². The van der Waals surface area contributed by atoms with Gasteiger partial charge in [0.2, 0.25) is 0 Å². The fourth-order valence-corrected chi connectivity index (χ4v) is 2.57. The second kappa shape index (κ2) is 7.87. The molecule has 0 aliphatic carbocycles. The highest BCUT2D eigenvalue weighted by Crippen LogP contribution is 2.23. The number of hydrogen-bond donors (Lipinski definition) is 0. The predicted molar refractivity (Wildman–Crippen MR) is 104 cm³/mol. The van der Waals surface area contributed by atoms with Gasteiger partial charge in [-0.2, -0.15) is 0 Å². The fraction of sp³-hybridized carbons (Fsp3) is 0.174. The van der Waals surface area contributed by atoms with E-state index in [-0.39, 0.29) is 6.61 Å². The molecule has 0 aliphatic heterocycles. The molecule has 3 aromatic carbocycles. The third-order valence-electron chi connectivity index (χ3n) is 4.31. The zero-order valence-electron chi connectivity index (χ0n) is 15.3. The molecule has 0 spiro atoms. The lowest BCUT2D eigenvalue weighted by Gasteiger charge is -2.09. The molecule has 132 valence electrons. The molecule has 3 heteroatoms. The zero-order valence-corrected chi connectivity index (χ0v) is 15.3. The molecule has 3 nitrogen and oxygen atoms in total. The predicted octanol–water partition coefficient (Wildman–Crippen LogP) is 5.26. The van der Waals surface area contributed by atoms with Crippen molar-refractivity contribution in [2.45, 2.75) is 20.8 Å². The van der Waals surface area contributed by atoms with Crippen molar-refractivity contribution in [1.29, 1.82) is 0 Å². The Morgan fingerprint density at radius 1 is 0.731 bits per heavy atom. The summed E-state index contributed by atoms with van der Waals surface area (Å²) in [5.41, 5.74) is 5.75. The molecule has 0 fully saturated rings. The monoisotopic (exact) mass is 346 g/mol. The SMILES string of the molecule is Cc1ccc(-c2ccc(OC(=O)COc3ccc(C)c(C)c3)cc2)cc1. The first kappa shape index (κ1) is 17.7. The van der Waals surface area contributed by atoms with Crippen molar-refractivity contribution in [3.05, 3.63) is 83.4 Å². The van der Waals surface area contributed by atoms with Gasteiger partial charge in [0.15, 0.2) is 6.61 Å². The van der Waals surface area contributed by atoms with Crippen molar-refractivity contribution in [2.75, 3.05) is 6.61 Å². The third-order valence-corrected chi connectivity index (χ3v) is 4.31. The summed E-state index contributed by atoms with van der Waals surface area (Å²) in [4.78, 5) is 12.0. The molecule has 0 bridgehead atoms. The van der Waals surface area contributed by atoms with E-state index in [2.05, 4.69) is 31.2 Å². The number of aryl methyl sites for hydroxylation is 3. The van der Waals surface area contributed by atoms with Crippen molar-refractivity contribution in [2.24, 2.45) is 0 Å². The smallest absolute Gasteiger partial charge is 0.349 e. The average molecular weight is 346 g/mol. The van der Waals surface area contributed by atoms with Crippen molar-refractivity contribution in [1.82, 2.24) is 0 Å². The summed E-state index contributed by atoms with van der Waals surface area (Å²) in [6.45, 7) is 5.98. The van der Waals surface area contributed by atoms with Gasteiger partial charge in [-0.25, -0.2) is 4.79 Å². The van der Waals surface area contributed by atoms with Crippen molar-refractivity contribution in [3.8, 4) is 22.6 Å². The first-order chi connectivity index (χ1) is 12.5. The van der Waals surface area contributed by atoms with E-state index in [1.807, 2.05) is 44.2 Å². The first-order valence-electron chi connectivity index (χ1n) is 8.59. The maximum atomic E-state index is 12.0. The fourth-order valence-electron chi connectivity index (χ4n) is 2.57. The summed E-state index contributed by atoms with van der Waals surface area (Å²) in [6, 6.07) is 21.5. The molecule has 0 aromatic heterocycles. The van der Waals surface area contributed by atoms with Crippen LogP contribution in [0.4, 0.5) is 0 Å². The van der Waals surface area contributed by atoms with Crippen molar-refractivity contribution >= 4 is 5.97 Å². The van der Waals surface area contributed by atoms with Gasteiger partial charge in [0, 0.05) is 0 Å². The van der Waals surface area contributed by atoms with E-state index in [1.165, 1.54) is 11.1 Å². The number of ether oxygens (including phenoxy) is 2. The van der Waals surface area contributed by atoms with Crippen LogP contribution in [-0.4, -0.2) is 12.6 Å². The molecule has 0 radical (unpaired) electrons. The first-order valence-corrected chi connectivity index (χ1v) is 8.59. The largest absolute Gasteiger partial charge is 0.482 e. The molecular formula is C23H22O3. The van der Waals surface area contributed by atoms with Gasteiger partial charge in [-0.15, -0.1) is 0 Å². The molecule has 0 aliphatic rings. The van der Waals surface area contributed by atoms with E-state index in [4.69, 9.17) is 9.47 Å². The molecule has 0 heterocycles. The van der Waals surface area contributed by atoms with Crippen molar-refractivity contribution < 1.29 is 14.3 Å². The highest BCUT2D eigenvalue weighted by atomic mass is 16.6. The normalized spacial score (nSPS) is 10.4. The van der Waals surface area contributed by atoms with Crippen LogP contribution in [-0.2, 0) is 4.79 Å². The number of benzene rings is 3. The molecule has 0 unspecified atom stereocenters. The Labute approximate surface area is 154 Å². The molecule has 26 heavy (non-hydrogen) atoms. The molecule has 3 aromatic rings. The lowest BCUT2D eigenvalue weighted by Crippen LogP contribution is -2.17. The molecule has 0 N–H and O–H groups in total. The van der Waals surface area contributed by atoms with E-state index >= 15 is 0 Å². The minimum absolute atomic E-state index is 0.123. The van der Waals surface area contributed by atoms with Crippen LogP contribution in [0.15, 0.2) is 66.7 Å². The molecular weight excluding hydrogens is 324 g/mol. The summed E-state index contributed by atoms with van der Waals surface area (Å²) in [6.07, 6.45) is 0. The van der Waals surface area contributed by atoms with Crippen LogP contribution in [0.1, 0.15) is 16.7 Å². The maximum absolute atomic E-state index is 12.0. The Balaban J connectivity index is 1.57. The van der Waals surface area contributed by atoms with Gasteiger partial charge in [0.05, 0.1) is 0 Å². The lowest BCUT2D eigenvalue weighted by atomic mass is 10.0. The van der Waals surface area contributed by atoms with Gasteiger partial charge < -0.3 is 9.47 Å². The van der Waals surface area contributed by atoms with Gasteiger partial charge in [0.1, 0.15) is 11.5 Å². The quantitative estimate of drug-likeness (QED) is 0.467. The van der Waals surface area contributed by atoms with E-state index < -0.39 is 5.97 Å². The van der Waals surface area contributed by atoms with Crippen LogP contribution in [0.5, 0.6) is 11.5 Å². The Morgan fingerprint density at radius 2 is 1.31 bits per heavy atom. The topological polar surface area (TPSA) is 35.5 Å². The highest BCUT2D eigenvalue weighted by Gasteiger charge is 2.07. The molecule has 0 saturated heterocycles. The van der Waals surface area contributed by atoms with Gasteiger partial charge in [-0.1, -0.05) is 48.0 Å². The number of rotatable bonds is 5. The van der Waals surface area contributed by atoms with Crippen LogP contribution in [0, 0.1) is 20.8 Å². The second-order valence-electron chi connectivity index (χ2n) is 6.40. The van der Waals surface area contributed by atoms with Crippen LogP contribution in [0.25, 0.3) is 11.1 Å². The van der Waals surface area contributed by atoms with Crippen molar-refractivity contribution in [3.63, 3.8) is 0 Å². The zero-order chi connectivity index (χ0) is 18.5. The van der Waals surface area contributed by atoms with E-state index in [9.17, 15) is 4.79 Å². The molecule has 0 saturated carbocycles. The Kier molecular flexibility index (Phi) is 5.37. The van der Waals surface area contributed by atoms with Crippen LogP contribution in [0.2, 0.25) is 0 Å². The number of esters is 1. The Morgan fingerprint density at radius 3 is 1.92 bits per heavy atom. The van der Waals surface area contributed by atoms with Gasteiger partial charge in [-0.05, 0) is 67.3 Å². The molecule has 3 rings (SSSR count). The summed E-state index contributed by atoms with van der Waals surface area (Å²) in [7, 11) is 0. The van der Waals surface area contributed by atoms with E-state index in [1.54, 1.807) is 12.1 Å². The Hall–Kier alpha value is -3.07. The number of hydrogen-bond acceptors (Lipinski definition) is 3. The lowest BCUT2D eigenvalue weighted by molar-refractivity contribution is -0.136. The summed E-state index contributed by atoms with van der Waals surface area (Å²) in [5, 5.41) is 0. The number of carbonyl (C=O) groups excluding carboxylic acids is 1. The van der Waals surface area contributed by atoms with Crippen LogP contribution >= 0.6 is 0 Å². The van der Waals surface area contributed by atoms with E-state index in [0.29, 0.717) is 11.5 Å². The maximum Gasteiger partial charge on any atom is 0.349 e. The highest BCUT2D eigenvalue weighted by molar-refractivity contribution is 5.74. The number of carbonyl (C=O) groups is 1. The summed E-state index contributed by atoms with van der Waals surface area (Å²) >= 11 is 0. The Bertz CT molecular complexity index is 894. The third kappa shape index (κ3) is 4.51. The summed E-state index contributed by atoms with van der Waals surface area (Å²) in [5.74, 6) is 0.751. The van der Waals surface area contributed by atoms with E-state index in [0.717, 1.165) is 16.7 Å². The van der Waals surface area contributed by atoms with Gasteiger partial charge in [-0.3, -0.25) is 0 Å². The minimum atomic E-state index is -0.425. The van der Waals surface area contributed by atoms with Crippen LogP contribution in [0.3, 0.4) is 0 Å². The molecule has 0 atom stereocenters. The second-order valence-corrected chi connectivity index (χ2v) is 6.40.